The monoisotopic (exact) mass is 780 g/mol. The van der Waals surface area contributed by atoms with E-state index >= 15 is 0 Å². The molecule has 0 heterocycles. The molecule has 3 unspecified atom stereocenters. The van der Waals surface area contributed by atoms with Crippen LogP contribution in [0.15, 0.2) is 72.9 Å². The molecule has 0 bridgehead atoms. The van der Waals surface area contributed by atoms with Gasteiger partial charge in [0.2, 0.25) is 0 Å². The van der Waals surface area contributed by atoms with E-state index < -0.39 is 58.4 Å². The van der Waals surface area contributed by atoms with E-state index in [0.717, 1.165) is 77.0 Å². The summed E-state index contributed by atoms with van der Waals surface area (Å²) in [6.45, 7) is 1.99. The Morgan fingerprint density at radius 1 is 0.519 bits per heavy atom. The summed E-state index contributed by atoms with van der Waals surface area (Å²) in [6.07, 6.45) is 43.1. The van der Waals surface area contributed by atoms with Crippen LogP contribution in [-0.2, 0) is 32.7 Å². The van der Waals surface area contributed by atoms with Crippen molar-refractivity contribution in [1.29, 1.82) is 0 Å². The number of hydrogen-bond donors (Lipinski definition) is 3. The number of unbranched alkanes of at least 4 members (excludes halogenated alkanes) is 11. The van der Waals surface area contributed by atoms with Crippen LogP contribution >= 0.6 is 7.82 Å². The fraction of sp³-hybridized carbons (Fsp3) is 0.674. The van der Waals surface area contributed by atoms with Crippen molar-refractivity contribution < 1.29 is 47.8 Å². The molecule has 0 aliphatic rings. The van der Waals surface area contributed by atoms with Gasteiger partial charge in [-0.1, -0.05) is 125 Å². The average molecular weight is 781 g/mol. The second kappa shape index (κ2) is 38.7. The summed E-state index contributed by atoms with van der Waals surface area (Å²) in [5, 5.41) is 19.1. The highest BCUT2D eigenvalue weighted by Crippen LogP contribution is 2.43. The summed E-state index contributed by atoms with van der Waals surface area (Å²) in [5.74, 6) is -1.08. The number of phosphoric ester groups is 1. The van der Waals surface area contributed by atoms with Crippen LogP contribution in [0.2, 0.25) is 0 Å². The summed E-state index contributed by atoms with van der Waals surface area (Å²) in [5.41, 5.74) is 0. The summed E-state index contributed by atoms with van der Waals surface area (Å²) in [7, 11) is -4.65. The zero-order valence-corrected chi connectivity index (χ0v) is 34.3. The lowest BCUT2D eigenvalue weighted by Crippen LogP contribution is -2.28. The third-order valence-corrected chi connectivity index (χ3v) is 9.10. The molecule has 0 aromatic heterocycles. The Labute approximate surface area is 327 Å². The van der Waals surface area contributed by atoms with E-state index in [4.69, 9.17) is 18.5 Å². The van der Waals surface area contributed by atoms with Crippen LogP contribution in [0.25, 0.3) is 0 Å². The summed E-state index contributed by atoms with van der Waals surface area (Å²) >= 11 is 0. The molecule has 0 spiro atoms. The molecule has 0 aliphatic heterocycles. The zero-order chi connectivity index (χ0) is 39.8. The lowest BCUT2D eigenvalue weighted by molar-refractivity contribution is -0.153. The second-order valence-electron chi connectivity index (χ2n) is 13.2. The first-order valence-corrected chi connectivity index (χ1v) is 21.9. The molecular weight excluding hydrogens is 707 g/mol. The van der Waals surface area contributed by atoms with Gasteiger partial charge in [0.15, 0.2) is 0 Å². The largest absolute Gasteiger partial charge is 0.472 e. The van der Waals surface area contributed by atoms with Crippen molar-refractivity contribution in [3.63, 3.8) is 0 Å². The molecule has 0 fully saturated rings. The van der Waals surface area contributed by atoms with Crippen LogP contribution in [0.4, 0.5) is 0 Å². The summed E-state index contributed by atoms with van der Waals surface area (Å²) < 4.78 is 32.5. The van der Waals surface area contributed by atoms with Gasteiger partial charge in [0.25, 0.3) is 0 Å². The van der Waals surface area contributed by atoms with Gasteiger partial charge >= 0.3 is 19.8 Å². The number of hydrogen-bond acceptors (Lipinski definition) is 9. The van der Waals surface area contributed by atoms with E-state index in [1.807, 2.05) is 0 Å². The number of allylic oxidation sites excluding steroid dienone is 12. The summed E-state index contributed by atoms with van der Waals surface area (Å²) in [4.78, 5) is 34.4. The Morgan fingerprint density at radius 3 is 1.30 bits per heavy atom. The summed E-state index contributed by atoms with van der Waals surface area (Å²) in [6, 6.07) is 0. The first-order valence-electron chi connectivity index (χ1n) is 20.4. The lowest BCUT2D eigenvalue weighted by atomic mass is 10.1. The van der Waals surface area contributed by atoms with Crippen molar-refractivity contribution in [2.24, 2.45) is 0 Å². The molecule has 0 aromatic rings. The van der Waals surface area contributed by atoms with E-state index in [9.17, 15) is 29.3 Å². The molecule has 11 heteroatoms. The van der Waals surface area contributed by atoms with Crippen molar-refractivity contribution in [2.75, 3.05) is 26.4 Å². The molecule has 10 nitrogen and oxygen atoms in total. The van der Waals surface area contributed by atoms with Crippen LogP contribution in [0.5, 0.6) is 0 Å². The van der Waals surface area contributed by atoms with E-state index in [-0.39, 0.29) is 12.8 Å². The second-order valence-corrected chi connectivity index (χ2v) is 14.7. The first kappa shape index (κ1) is 51.4. The van der Waals surface area contributed by atoms with Gasteiger partial charge in [0.1, 0.15) is 12.2 Å². The van der Waals surface area contributed by atoms with Gasteiger partial charge in [-0.05, 0) is 83.5 Å². The molecule has 0 aromatic carbocycles. The van der Waals surface area contributed by atoms with Crippen molar-refractivity contribution in [2.45, 2.75) is 161 Å². The van der Waals surface area contributed by atoms with Crippen LogP contribution in [0.1, 0.15) is 149 Å². The van der Waals surface area contributed by atoms with Crippen LogP contribution in [0, 0.1) is 0 Å². The molecule has 0 aliphatic carbocycles. The third kappa shape index (κ3) is 36.4. The Kier molecular flexibility index (Phi) is 36.8. The molecule has 0 amide bonds. The van der Waals surface area contributed by atoms with Gasteiger partial charge < -0.3 is 24.6 Å². The molecule has 3 atom stereocenters. The molecule has 54 heavy (non-hydrogen) atoms. The van der Waals surface area contributed by atoms with E-state index in [2.05, 4.69) is 86.8 Å². The third-order valence-electron chi connectivity index (χ3n) is 8.15. The molecule has 0 saturated carbocycles. The molecule has 0 rings (SSSR count). The Morgan fingerprint density at radius 2 is 0.870 bits per heavy atom. The van der Waals surface area contributed by atoms with Crippen LogP contribution < -0.4 is 0 Å². The number of phosphoric acid groups is 1. The van der Waals surface area contributed by atoms with E-state index in [1.165, 1.54) is 32.1 Å². The van der Waals surface area contributed by atoms with Crippen molar-refractivity contribution in [3.05, 3.63) is 72.9 Å². The Hall–Kier alpha value is -2.59. The molecule has 3 N–H and O–H groups in total. The average Bonchev–Trinajstić information content (AvgIpc) is 3.16. The number of ether oxygens (including phenoxy) is 2. The number of aliphatic hydroxyl groups is 2. The maximum atomic E-state index is 12.3. The van der Waals surface area contributed by atoms with Gasteiger partial charge in [0, 0.05) is 12.8 Å². The lowest BCUT2D eigenvalue weighted by Gasteiger charge is -2.20. The number of rotatable bonds is 37. The minimum Gasteiger partial charge on any atom is -0.457 e. The highest BCUT2D eigenvalue weighted by Gasteiger charge is 2.27. The predicted molar refractivity (Wildman–Crippen MR) is 219 cm³/mol. The Bertz CT molecular complexity index is 1130. The number of esters is 2. The SMILES string of the molecule is CC/C=C\C/C=C\C/C=C\C/C=C\CCCCC(=O)OC(CO)COP(=O)(O)OCC(CO)OC(=O)CCCCCCC/C=C\C/C=C\CCCCCC. The van der Waals surface area contributed by atoms with Crippen molar-refractivity contribution in [1.82, 2.24) is 0 Å². The number of carbonyl (C=O) groups excluding carboxylic acids is 2. The van der Waals surface area contributed by atoms with Gasteiger partial charge in [-0.15, -0.1) is 0 Å². The van der Waals surface area contributed by atoms with Gasteiger partial charge in [0.05, 0.1) is 26.4 Å². The van der Waals surface area contributed by atoms with Gasteiger partial charge in [-0.3, -0.25) is 18.6 Å². The number of aliphatic hydroxyl groups excluding tert-OH is 2. The van der Waals surface area contributed by atoms with E-state index in [1.54, 1.807) is 0 Å². The number of carbonyl (C=O) groups is 2. The van der Waals surface area contributed by atoms with Crippen molar-refractivity contribution in [3.8, 4) is 0 Å². The minimum atomic E-state index is -4.65. The highest BCUT2D eigenvalue weighted by atomic mass is 31.2. The highest BCUT2D eigenvalue weighted by molar-refractivity contribution is 7.47. The quantitative estimate of drug-likeness (QED) is 0.0241. The Balaban J connectivity index is 4.05. The topological polar surface area (TPSA) is 149 Å². The zero-order valence-electron chi connectivity index (χ0n) is 33.4. The fourth-order valence-corrected chi connectivity index (χ4v) is 5.80. The normalized spacial score (nSPS) is 14.7. The van der Waals surface area contributed by atoms with E-state index in [0.29, 0.717) is 12.8 Å². The molecule has 310 valence electrons. The molecule has 0 saturated heterocycles. The maximum Gasteiger partial charge on any atom is 0.472 e. The molecular formula is C43H73O10P. The van der Waals surface area contributed by atoms with Gasteiger partial charge in [-0.25, -0.2) is 4.57 Å². The van der Waals surface area contributed by atoms with Crippen LogP contribution in [0.3, 0.4) is 0 Å². The molecule has 0 radical (unpaired) electrons. The first-order chi connectivity index (χ1) is 26.3. The smallest absolute Gasteiger partial charge is 0.457 e. The van der Waals surface area contributed by atoms with Gasteiger partial charge in [-0.2, -0.15) is 0 Å². The van der Waals surface area contributed by atoms with Crippen LogP contribution in [-0.4, -0.2) is 65.7 Å². The predicted octanol–water partition coefficient (Wildman–Crippen LogP) is 10.5. The maximum absolute atomic E-state index is 12.3. The standard InChI is InChI=1S/C43H73O10P/c1-3-5-7-9-11-13-15-17-19-21-23-25-27-29-31-33-35-43(47)53-41(37-45)39-51-54(48,49)50-38-40(36-44)52-42(46)34-32-30-28-26-24-22-20-18-16-14-12-10-8-6-4-2/h6,8,12-15,18-21,24,26,40-41,44-45H,3-5,7,9-11,16-17,22-23,25,27-39H2,1-2H3,(H,48,49)/b8-6-,14-12-,15-13-,20-18-,21-19-,26-24-. The van der Waals surface area contributed by atoms with Crippen molar-refractivity contribution >= 4 is 19.8 Å². The minimum absolute atomic E-state index is 0.135. The fourth-order valence-electron chi connectivity index (χ4n) is 5.02.